The van der Waals surface area contributed by atoms with E-state index in [1.807, 2.05) is 26.0 Å². The molecule has 0 aromatic carbocycles. The zero-order valence-electron chi connectivity index (χ0n) is 15.9. The average Bonchev–Trinajstić information content (AvgIpc) is 3.04. The van der Waals surface area contributed by atoms with Crippen LogP contribution in [0.15, 0.2) is 12.2 Å². The first-order valence-corrected chi connectivity index (χ1v) is 10.6. The maximum absolute atomic E-state index is 13.0. The number of nitrogens with one attached hydrogen (secondary N) is 1. The highest BCUT2D eigenvalue weighted by molar-refractivity contribution is 7.16. The third-order valence-corrected chi connectivity index (χ3v) is 6.69. The van der Waals surface area contributed by atoms with Gasteiger partial charge in [-0.05, 0) is 57.4 Å². The Labute approximate surface area is 164 Å². The lowest BCUT2D eigenvalue weighted by Crippen LogP contribution is -2.36. The van der Waals surface area contributed by atoms with E-state index in [1.54, 1.807) is 0 Å². The summed E-state index contributed by atoms with van der Waals surface area (Å²) >= 11 is 1.51. The maximum atomic E-state index is 13.0. The molecule has 0 aliphatic heterocycles. The fourth-order valence-corrected chi connectivity index (χ4v) is 4.95. The molecule has 1 amide bonds. The molecule has 3 atom stereocenters. The third kappa shape index (κ3) is 4.24. The number of esters is 1. The van der Waals surface area contributed by atoms with Crippen molar-refractivity contribution < 1.29 is 14.3 Å². The summed E-state index contributed by atoms with van der Waals surface area (Å²) in [6.45, 7) is 3.83. The van der Waals surface area contributed by atoms with Crippen molar-refractivity contribution in [2.24, 2.45) is 11.8 Å². The molecule has 6 heteroatoms. The van der Waals surface area contributed by atoms with Crippen molar-refractivity contribution in [2.45, 2.75) is 64.9 Å². The van der Waals surface area contributed by atoms with Gasteiger partial charge in [0.25, 0.3) is 0 Å². The molecule has 0 bridgehead atoms. The molecule has 0 fully saturated rings. The van der Waals surface area contributed by atoms with Crippen molar-refractivity contribution in [1.82, 2.24) is 0 Å². The van der Waals surface area contributed by atoms with Crippen LogP contribution in [0.25, 0.3) is 0 Å². The predicted octanol–water partition coefficient (Wildman–Crippen LogP) is 4.36. The van der Waals surface area contributed by atoms with Gasteiger partial charge >= 0.3 is 5.97 Å². The van der Waals surface area contributed by atoms with E-state index in [-0.39, 0.29) is 18.0 Å². The van der Waals surface area contributed by atoms with Gasteiger partial charge in [0.1, 0.15) is 11.1 Å². The quantitative estimate of drug-likeness (QED) is 0.602. The molecule has 1 heterocycles. The van der Waals surface area contributed by atoms with Crippen molar-refractivity contribution in [3.63, 3.8) is 0 Å². The number of hydrogen-bond donors (Lipinski definition) is 1. The molecule has 0 saturated heterocycles. The summed E-state index contributed by atoms with van der Waals surface area (Å²) in [7, 11) is 0. The number of hydrogen-bond acceptors (Lipinski definition) is 5. The highest BCUT2D eigenvalue weighted by Crippen LogP contribution is 2.38. The van der Waals surface area contributed by atoms with Crippen LogP contribution in [0.5, 0.6) is 0 Å². The summed E-state index contributed by atoms with van der Waals surface area (Å²) in [4.78, 5) is 26.7. The zero-order chi connectivity index (χ0) is 19.4. The average molecular weight is 387 g/mol. The highest BCUT2D eigenvalue weighted by atomic mass is 32.1. The van der Waals surface area contributed by atoms with Crippen LogP contribution >= 0.6 is 11.3 Å². The molecule has 0 saturated carbocycles. The molecule has 1 N–H and O–H groups in total. The van der Waals surface area contributed by atoms with Crippen LogP contribution in [0.3, 0.4) is 0 Å². The first-order valence-electron chi connectivity index (χ1n) is 9.76. The molecule has 1 aromatic heterocycles. The second-order valence-electron chi connectivity index (χ2n) is 7.33. The van der Waals surface area contributed by atoms with Gasteiger partial charge in [-0.1, -0.05) is 19.1 Å². The van der Waals surface area contributed by atoms with Crippen LogP contribution in [-0.4, -0.2) is 18.0 Å². The van der Waals surface area contributed by atoms with Crippen LogP contribution in [-0.2, 0) is 27.2 Å². The van der Waals surface area contributed by atoms with E-state index in [4.69, 9.17) is 4.74 Å². The van der Waals surface area contributed by atoms with Gasteiger partial charge in [0.2, 0.25) is 5.91 Å². The number of aryl methyl sites for hydroxylation is 1. The van der Waals surface area contributed by atoms with E-state index >= 15 is 0 Å². The Kier molecular flexibility index (Phi) is 6.33. The number of anilines is 1. The third-order valence-electron chi connectivity index (χ3n) is 5.48. The molecule has 5 nitrogen and oxygen atoms in total. The topological polar surface area (TPSA) is 79.2 Å². The van der Waals surface area contributed by atoms with Gasteiger partial charge in [-0.2, -0.15) is 5.26 Å². The van der Waals surface area contributed by atoms with Crippen molar-refractivity contribution in [1.29, 1.82) is 5.26 Å². The Morgan fingerprint density at radius 2 is 2.00 bits per heavy atom. The Hall–Kier alpha value is -2.13. The van der Waals surface area contributed by atoms with Crippen molar-refractivity contribution in [3.8, 4) is 6.07 Å². The normalized spacial score (nSPS) is 22.4. The molecule has 1 aromatic rings. The summed E-state index contributed by atoms with van der Waals surface area (Å²) in [6, 6.07) is 2.27. The van der Waals surface area contributed by atoms with E-state index in [0.717, 1.165) is 37.7 Å². The standard InChI is InChI=1S/C21H26N2O3S/c1-3-13(2)26-21(25)16-10-5-4-9-15(16)19(24)23-20-17(12-22)14-8-6-7-11-18(14)27-20/h4-5,13,15-16H,3,6-11H2,1-2H3,(H,23,24)/t13-,15+,16+/m1/s1. The monoisotopic (exact) mass is 386 g/mol. The maximum Gasteiger partial charge on any atom is 0.310 e. The van der Waals surface area contributed by atoms with Crippen molar-refractivity contribution in [3.05, 3.63) is 28.2 Å². The Balaban J connectivity index is 1.76. The molecule has 0 unspecified atom stereocenters. The van der Waals surface area contributed by atoms with Gasteiger partial charge in [0.05, 0.1) is 23.5 Å². The minimum Gasteiger partial charge on any atom is -0.462 e. The van der Waals surface area contributed by atoms with Crippen molar-refractivity contribution in [2.75, 3.05) is 5.32 Å². The Bertz CT molecular complexity index is 790. The molecule has 0 spiro atoms. The molecular formula is C21H26N2O3S. The van der Waals surface area contributed by atoms with Crippen LogP contribution in [0.1, 0.15) is 62.0 Å². The van der Waals surface area contributed by atoms with Crippen LogP contribution in [0, 0.1) is 23.2 Å². The van der Waals surface area contributed by atoms with E-state index in [9.17, 15) is 14.9 Å². The van der Waals surface area contributed by atoms with Gasteiger partial charge in [-0.15, -0.1) is 11.3 Å². The van der Waals surface area contributed by atoms with E-state index in [2.05, 4.69) is 11.4 Å². The van der Waals surface area contributed by atoms with Gasteiger partial charge in [0.15, 0.2) is 0 Å². The lowest BCUT2D eigenvalue weighted by atomic mass is 9.82. The van der Waals surface area contributed by atoms with Crippen molar-refractivity contribution >= 4 is 28.2 Å². The molecule has 2 aliphatic carbocycles. The van der Waals surface area contributed by atoms with E-state index in [1.165, 1.54) is 16.2 Å². The number of ether oxygens (including phenoxy) is 1. The molecule has 144 valence electrons. The molecule has 3 rings (SSSR count). The summed E-state index contributed by atoms with van der Waals surface area (Å²) in [6.07, 6.45) is 9.60. The lowest BCUT2D eigenvalue weighted by molar-refractivity contribution is -0.157. The summed E-state index contributed by atoms with van der Waals surface area (Å²) in [5, 5.41) is 13.2. The number of fused-ring (bicyclic) bond motifs is 1. The summed E-state index contributed by atoms with van der Waals surface area (Å²) in [5.41, 5.74) is 1.70. The SMILES string of the molecule is CC[C@@H](C)OC(=O)[C@H]1CC=CC[C@@H]1C(=O)Nc1sc2c(c1C#N)CCCC2. The fourth-order valence-electron chi connectivity index (χ4n) is 3.71. The molecule has 27 heavy (non-hydrogen) atoms. The number of nitriles is 1. The smallest absolute Gasteiger partial charge is 0.310 e. The minimum atomic E-state index is -0.468. The first-order chi connectivity index (χ1) is 13.0. The number of nitrogens with zero attached hydrogens (tertiary/aromatic N) is 1. The highest BCUT2D eigenvalue weighted by Gasteiger charge is 2.36. The molecule has 0 radical (unpaired) electrons. The first kappa shape index (κ1) is 19.6. The van der Waals surface area contributed by atoms with Gasteiger partial charge in [0, 0.05) is 4.88 Å². The Morgan fingerprint density at radius 1 is 1.30 bits per heavy atom. The predicted molar refractivity (Wildman–Crippen MR) is 106 cm³/mol. The summed E-state index contributed by atoms with van der Waals surface area (Å²) < 4.78 is 5.48. The fraction of sp³-hybridized carbons (Fsp3) is 0.571. The molecule has 2 aliphatic rings. The minimum absolute atomic E-state index is 0.152. The number of rotatable bonds is 5. The van der Waals surface area contributed by atoms with Gasteiger partial charge < -0.3 is 10.1 Å². The lowest BCUT2D eigenvalue weighted by Gasteiger charge is -2.27. The number of carbonyl (C=O) groups is 2. The number of allylic oxidation sites excluding steroid dienone is 2. The van der Waals surface area contributed by atoms with Crippen LogP contribution in [0.2, 0.25) is 0 Å². The number of amides is 1. The van der Waals surface area contributed by atoms with E-state index < -0.39 is 11.8 Å². The number of carbonyl (C=O) groups excluding carboxylic acids is 2. The van der Waals surface area contributed by atoms with Gasteiger partial charge in [-0.3, -0.25) is 9.59 Å². The second kappa shape index (κ2) is 8.71. The largest absolute Gasteiger partial charge is 0.462 e. The number of thiophene rings is 1. The Morgan fingerprint density at radius 3 is 2.70 bits per heavy atom. The van der Waals surface area contributed by atoms with Gasteiger partial charge in [-0.25, -0.2) is 0 Å². The van der Waals surface area contributed by atoms with Crippen LogP contribution < -0.4 is 5.32 Å². The van der Waals surface area contributed by atoms with E-state index in [0.29, 0.717) is 23.4 Å². The molecular weight excluding hydrogens is 360 g/mol. The van der Waals surface area contributed by atoms with Crippen LogP contribution in [0.4, 0.5) is 5.00 Å². The summed E-state index contributed by atoms with van der Waals surface area (Å²) in [5.74, 6) is -1.43. The second-order valence-corrected chi connectivity index (χ2v) is 8.43. The zero-order valence-corrected chi connectivity index (χ0v) is 16.7.